The van der Waals surface area contributed by atoms with E-state index < -0.39 is 0 Å². The Kier molecular flexibility index (Phi) is 8.49. The molecule has 1 N–H and O–H groups in total. The number of benzene rings is 1. The average molecular weight is 403 g/mol. The first kappa shape index (κ1) is 18.1. The molecule has 2 rings (SSSR count). The van der Waals surface area contributed by atoms with Gasteiger partial charge in [0.15, 0.2) is 5.96 Å². The summed E-state index contributed by atoms with van der Waals surface area (Å²) in [5.74, 6) is 1.99. The highest BCUT2D eigenvalue weighted by molar-refractivity contribution is 14.0. The highest BCUT2D eigenvalue weighted by atomic mass is 127. The highest BCUT2D eigenvalue weighted by Gasteiger charge is 2.22. The fraction of sp³-hybridized carbons (Fsp3) is 0.562. The molecule has 0 amide bonds. The molecule has 0 bridgehead atoms. The van der Waals surface area contributed by atoms with Gasteiger partial charge in [-0.05, 0) is 18.6 Å². The second-order valence-corrected chi connectivity index (χ2v) is 5.09. The van der Waals surface area contributed by atoms with Crippen LogP contribution in [0, 0.1) is 0 Å². The van der Waals surface area contributed by atoms with Crippen LogP contribution in [0.1, 0.15) is 26.2 Å². The van der Waals surface area contributed by atoms with E-state index in [1.54, 1.807) is 0 Å². The molecule has 1 aromatic rings. The Morgan fingerprint density at radius 1 is 1.29 bits per heavy atom. The quantitative estimate of drug-likeness (QED) is 0.477. The maximum Gasteiger partial charge on any atom is 0.193 e. The van der Waals surface area contributed by atoms with Gasteiger partial charge in [-0.25, -0.2) is 0 Å². The van der Waals surface area contributed by atoms with E-state index in [4.69, 9.17) is 4.74 Å². The van der Waals surface area contributed by atoms with Crippen LogP contribution in [0.15, 0.2) is 35.3 Å². The Hall–Kier alpha value is -0.980. The van der Waals surface area contributed by atoms with Gasteiger partial charge in [0.05, 0.1) is 0 Å². The van der Waals surface area contributed by atoms with Crippen molar-refractivity contribution in [1.82, 2.24) is 10.2 Å². The predicted molar refractivity (Wildman–Crippen MR) is 98.7 cm³/mol. The molecule has 1 aliphatic heterocycles. The van der Waals surface area contributed by atoms with Crippen LogP contribution in [0.5, 0.6) is 5.75 Å². The summed E-state index contributed by atoms with van der Waals surface area (Å²) in [6.45, 7) is 5.15. The van der Waals surface area contributed by atoms with Gasteiger partial charge in [0.25, 0.3) is 0 Å². The molecule has 1 aliphatic rings. The first-order chi connectivity index (χ1) is 9.83. The number of para-hydroxylation sites is 1. The van der Waals surface area contributed by atoms with Crippen LogP contribution in [-0.2, 0) is 0 Å². The topological polar surface area (TPSA) is 36.9 Å². The van der Waals surface area contributed by atoms with Crippen molar-refractivity contribution in [2.24, 2.45) is 4.99 Å². The lowest BCUT2D eigenvalue weighted by Crippen LogP contribution is -2.47. The molecule has 1 saturated heterocycles. The number of rotatable bonds is 4. The lowest BCUT2D eigenvalue weighted by Gasteiger charge is -2.34. The second-order valence-electron chi connectivity index (χ2n) is 5.09. The first-order valence-electron chi connectivity index (χ1n) is 7.50. The number of nitrogens with one attached hydrogen (secondary N) is 1. The third kappa shape index (κ3) is 5.73. The molecule has 0 spiro atoms. The van der Waals surface area contributed by atoms with Crippen molar-refractivity contribution < 1.29 is 4.74 Å². The van der Waals surface area contributed by atoms with E-state index in [0.29, 0.717) is 6.10 Å². The SMILES string of the molecule is CCCNC(=NC)N1CCC(Oc2ccccc2)CC1.I. The maximum atomic E-state index is 6.01. The number of hydrogen-bond acceptors (Lipinski definition) is 2. The van der Waals surface area contributed by atoms with Crippen molar-refractivity contribution in [2.45, 2.75) is 32.3 Å². The molecule has 21 heavy (non-hydrogen) atoms. The van der Waals surface area contributed by atoms with Gasteiger partial charge in [-0.2, -0.15) is 0 Å². The summed E-state index contributed by atoms with van der Waals surface area (Å²) in [5.41, 5.74) is 0. The lowest BCUT2D eigenvalue weighted by molar-refractivity contribution is 0.129. The monoisotopic (exact) mass is 403 g/mol. The zero-order chi connectivity index (χ0) is 14.2. The standard InChI is InChI=1S/C16H25N3O.HI/c1-3-11-18-16(17-2)19-12-9-15(10-13-19)20-14-7-5-4-6-8-14;/h4-8,15H,3,9-13H2,1-2H3,(H,17,18);1H. The smallest absolute Gasteiger partial charge is 0.193 e. The summed E-state index contributed by atoms with van der Waals surface area (Å²) in [6, 6.07) is 10.1. The maximum absolute atomic E-state index is 6.01. The number of halogens is 1. The van der Waals surface area contributed by atoms with E-state index in [1.807, 2.05) is 37.4 Å². The Labute approximate surface area is 145 Å². The lowest BCUT2D eigenvalue weighted by atomic mass is 10.1. The van der Waals surface area contributed by atoms with Crippen molar-refractivity contribution >= 4 is 29.9 Å². The van der Waals surface area contributed by atoms with E-state index in [2.05, 4.69) is 22.1 Å². The summed E-state index contributed by atoms with van der Waals surface area (Å²) >= 11 is 0. The second kappa shape index (κ2) is 9.87. The van der Waals surface area contributed by atoms with E-state index in [9.17, 15) is 0 Å². The van der Waals surface area contributed by atoms with E-state index >= 15 is 0 Å². The van der Waals surface area contributed by atoms with Crippen LogP contribution in [0.2, 0.25) is 0 Å². The van der Waals surface area contributed by atoms with Crippen molar-refractivity contribution in [3.63, 3.8) is 0 Å². The number of nitrogens with zero attached hydrogens (tertiary/aromatic N) is 2. The molecule has 0 aliphatic carbocycles. The third-order valence-corrected chi connectivity index (χ3v) is 3.53. The van der Waals surface area contributed by atoms with Gasteiger partial charge in [0, 0.05) is 39.5 Å². The Morgan fingerprint density at radius 2 is 1.95 bits per heavy atom. The molecule has 0 atom stereocenters. The number of piperidine rings is 1. The Bertz CT molecular complexity index is 417. The number of likely N-dealkylation sites (tertiary alicyclic amines) is 1. The summed E-state index contributed by atoms with van der Waals surface area (Å²) in [6.07, 6.45) is 3.52. The van der Waals surface area contributed by atoms with E-state index in [0.717, 1.165) is 50.6 Å². The largest absolute Gasteiger partial charge is 0.490 e. The average Bonchev–Trinajstić information content (AvgIpc) is 2.50. The minimum Gasteiger partial charge on any atom is -0.490 e. The van der Waals surface area contributed by atoms with Crippen molar-refractivity contribution in [3.05, 3.63) is 30.3 Å². The fourth-order valence-corrected chi connectivity index (χ4v) is 2.45. The number of aliphatic imine (C=N–C) groups is 1. The van der Waals surface area contributed by atoms with Gasteiger partial charge < -0.3 is 15.0 Å². The van der Waals surface area contributed by atoms with Gasteiger partial charge in [0.1, 0.15) is 11.9 Å². The predicted octanol–water partition coefficient (Wildman–Crippen LogP) is 3.13. The van der Waals surface area contributed by atoms with Crippen LogP contribution in [-0.4, -0.2) is 43.6 Å². The number of guanidine groups is 1. The van der Waals surface area contributed by atoms with Crippen LogP contribution in [0.25, 0.3) is 0 Å². The van der Waals surface area contributed by atoms with Gasteiger partial charge in [-0.15, -0.1) is 24.0 Å². The van der Waals surface area contributed by atoms with Gasteiger partial charge >= 0.3 is 0 Å². The molecule has 0 radical (unpaired) electrons. The molecule has 0 aromatic heterocycles. The van der Waals surface area contributed by atoms with Gasteiger partial charge in [-0.1, -0.05) is 25.1 Å². The molecule has 1 heterocycles. The van der Waals surface area contributed by atoms with Crippen molar-refractivity contribution in [1.29, 1.82) is 0 Å². The number of ether oxygens (including phenoxy) is 1. The molecule has 1 aromatic carbocycles. The van der Waals surface area contributed by atoms with Crippen LogP contribution >= 0.6 is 24.0 Å². The Morgan fingerprint density at radius 3 is 2.52 bits per heavy atom. The van der Waals surface area contributed by atoms with Crippen LogP contribution < -0.4 is 10.1 Å². The minimum absolute atomic E-state index is 0. The first-order valence-corrected chi connectivity index (χ1v) is 7.50. The molecule has 0 saturated carbocycles. The molecular weight excluding hydrogens is 377 g/mol. The molecule has 4 nitrogen and oxygen atoms in total. The van der Waals surface area contributed by atoms with Crippen molar-refractivity contribution in [3.8, 4) is 5.75 Å². The minimum atomic E-state index is 0. The Balaban J connectivity index is 0.00000220. The molecule has 0 unspecified atom stereocenters. The fourth-order valence-electron chi connectivity index (χ4n) is 2.45. The number of hydrogen-bond donors (Lipinski definition) is 1. The molecule has 1 fully saturated rings. The van der Waals surface area contributed by atoms with Gasteiger partial charge in [0.2, 0.25) is 0 Å². The van der Waals surface area contributed by atoms with Crippen molar-refractivity contribution in [2.75, 3.05) is 26.7 Å². The van der Waals surface area contributed by atoms with Gasteiger partial charge in [-0.3, -0.25) is 4.99 Å². The summed E-state index contributed by atoms with van der Waals surface area (Å²) < 4.78 is 6.01. The summed E-state index contributed by atoms with van der Waals surface area (Å²) in [4.78, 5) is 6.67. The zero-order valence-corrected chi connectivity index (χ0v) is 15.2. The normalized spacial score (nSPS) is 16.3. The summed E-state index contributed by atoms with van der Waals surface area (Å²) in [5, 5.41) is 3.39. The van der Waals surface area contributed by atoms with Crippen LogP contribution in [0.3, 0.4) is 0 Å². The van der Waals surface area contributed by atoms with Crippen LogP contribution in [0.4, 0.5) is 0 Å². The third-order valence-electron chi connectivity index (χ3n) is 3.53. The highest BCUT2D eigenvalue weighted by Crippen LogP contribution is 2.18. The molecule has 118 valence electrons. The summed E-state index contributed by atoms with van der Waals surface area (Å²) in [7, 11) is 1.85. The van der Waals surface area contributed by atoms with E-state index in [1.165, 1.54) is 0 Å². The zero-order valence-electron chi connectivity index (χ0n) is 12.9. The molecule has 5 heteroatoms. The van der Waals surface area contributed by atoms with E-state index in [-0.39, 0.29) is 24.0 Å². The molecular formula is C16H26IN3O.